The summed E-state index contributed by atoms with van der Waals surface area (Å²) in [4.78, 5) is 25.5. The van der Waals surface area contributed by atoms with E-state index in [1.54, 1.807) is 20.8 Å². The molecule has 1 aromatic carbocycles. The molecule has 4 N–H and O–H groups in total. The average molecular weight is 533 g/mol. The summed E-state index contributed by atoms with van der Waals surface area (Å²) in [7, 11) is 0. The standard InChI is InChI=1S/C25H32ClF3N2O5/c1-23(2,3)36-22(35)30-15-10-12(18(32)19(15)33)21(34)31-20(16-14(27)5-4-13(26)17(16)28)24-6-8-25(29,11-24)9-7-24/h4-5,12,15,18-20,32-33H,6-11H2,1-3H3,(H,30,35)(H,31,34)/t12-,15-,18-,19+,20+,24?,25?/m0/s1. The molecular formula is C25H32ClF3N2O5. The minimum absolute atomic E-state index is 0.0367. The second kappa shape index (κ2) is 9.36. The van der Waals surface area contributed by atoms with E-state index in [0.29, 0.717) is 12.8 Å². The summed E-state index contributed by atoms with van der Waals surface area (Å²) in [6.07, 6.45) is -2.88. The number of benzene rings is 1. The van der Waals surface area contributed by atoms with Gasteiger partial charge in [0.15, 0.2) is 0 Å². The number of aliphatic hydroxyl groups is 2. The first kappa shape index (κ1) is 27.0. The molecule has 36 heavy (non-hydrogen) atoms. The first-order chi connectivity index (χ1) is 16.6. The van der Waals surface area contributed by atoms with Crippen molar-refractivity contribution in [2.75, 3.05) is 0 Å². The van der Waals surface area contributed by atoms with Gasteiger partial charge in [0.25, 0.3) is 0 Å². The topological polar surface area (TPSA) is 108 Å². The maximum absolute atomic E-state index is 15.1. The summed E-state index contributed by atoms with van der Waals surface area (Å²) < 4.78 is 50.3. The fourth-order valence-electron chi connectivity index (χ4n) is 6.05. The molecule has 200 valence electrons. The monoisotopic (exact) mass is 532 g/mol. The number of hydrogen-bond donors (Lipinski definition) is 4. The number of carbonyl (C=O) groups is 2. The zero-order valence-corrected chi connectivity index (χ0v) is 21.2. The molecule has 2 bridgehead atoms. The lowest BCUT2D eigenvalue weighted by atomic mass is 9.74. The number of hydrogen-bond acceptors (Lipinski definition) is 5. The molecular weight excluding hydrogens is 501 g/mol. The third kappa shape index (κ3) is 5.04. The summed E-state index contributed by atoms with van der Waals surface area (Å²) >= 11 is 5.93. The highest BCUT2D eigenvalue weighted by Gasteiger charge is 2.60. The highest BCUT2D eigenvalue weighted by Crippen LogP contribution is 2.63. The zero-order valence-electron chi connectivity index (χ0n) is 20.4. The molecule has 0 spiro atoms. The Labute approximate surface area is 212 Å². The van der Waals surface area contributed by atoms with Crippen molar-refractivity contribution < 1.29 is 37.7 Å². The van der Waals surface area contributed by atoms with Crippen molar-refractivity contribution in [1.82, 2.24) is 10.6 Å². The van der Waals surface area contributed by atoms with Crippen molar-refractivity contribution >= 4 is 23.6 Å². The van der Waals surface area contributed by atoms with Gasteiger partial charge in [-0.05, 0) is 76.8 Å². The van der Waals surface area contributed by atoms with Crippen LogP contribution in [-0.4, -0.2) is 51.7 Å². The Bertz CT molecular complexity index is 1040. The number of amides is 2. The van der Waals surface area contributed by atoms with Crippen molar-refractivity contribution in [1.29, 1.82) is 0 Å². The first-order valence-corrected chi connectivity index (χ1v) is 12.5. The van der Waals surface area contributed by atoms with Gasteiger partial charge in [0.1, 0.15) is 29.0 Å². The maximum Gasteiger partial charge on any atom is 0.407 e. The fourth-order valence-corrected chi connectivity index (χ4v) is 6.22. The van der Waals surface area contributed by atoms with Gasteiger partial charge in [-0.15, -0.1) is 0 Å². The van der Waals surface area contributed by atoms with Crippen LogP contribution in [0.3, 0.4) is 0 Å². The average Bonchev–Trinajstić information content (AvgIpc) is 3.39. The van der Waals surface area contributed by atoms with Crippen LogP contribution in [0.1, 0.15) is 70.9 Å². The van der Waals surface area contributed by atoms with Gasteiger partial charge < -0.3 is 25.6 Å². The van der Waals surface area contributed by atoms with Crippen LogP contribution >= 0.6 is 11.6 Å². The van der Waals surface area contributed by atoms with Crippen molar-refractivity contribution in [2.45, 2.75) is 94.9 Å². The van der Waals surface area contributed by atoms with Gasteiger partial charge in [0.05, 0.1) is 29.1 Å². The number of rotatable bonds is 5. The minimum Gasteiger partial charge on any atom is -0.444 e. The van der Waals surface area contributed by atoms with E-state index in [9.17, 15) is 24.2 Å². The van der Waals surface area contributed by atoms with E-state index in [4.69, 9.17) is 16.3 Å². The number of fused-ring (bicyclic) bond motifs is 2. The number of alkyl halides is 1. The molecule has 4 rings (SSSR count). The summed E-state index contributed by atoms with van der Waals surface area (Å²) in [6.45, 7) is 4.98. The fraction of sp³-hybridized carbons (Fsp3) is 0.680. The molecule has 5 atom stereocenters. The highest BCUT2D eigenvalue weighted by molar-refractivity contribution is 6.30. The van der Waals surface area contributed by atoms with E-state index < -0.39 is 76.1 Å². The largest absolute Gasteiger partial charge is 0.444 e. The van der Waals surface area contributed by atoms with Crippen molar-refractivity contribution in [2.24, 2.45) is 11.3 Å². The molecule has 1 aromatic rings. The predicted octanol–water partition coefficient (Wildman–Crippen LogP) is 4.08. The third-order valence-electron chi connectivity index (χ3n) is 7.80. The molecule has 7 nitrogen and oxygen atoms in total. The molecule has 0 aliphatic heterocycles. The smallest absolute Gasteiger partial charge is 0.407 e. The zero-order chi connectivity index (χ0) is 26.6. The van der Waals surface area contributed by atoms with Crippen molar-refractivity contribution in [3.8, 4) is 0 Å². The maximum atomic E-state index is 15.1. The van der Waals surface area contributed by atoms with E-state index in [-0.39, 0.29) is 30.7 Å². The number of ether oxygens (including phenoxy) is 1. The van der Waals surface area contributed by atoms with E-state index in [1.165, 1.54) is 0 Å². The van der Waals surface area contributed by atoms with Gasteiger partial charge in [0, 0.05) is 5.56 Å². The minimum atomic E-state index is -1.55. The van der Waals surface area contributed by atoms with Crippen molar-refractivity contribution in [3.63, 3.8) is 0 Å². The lowest BCUT2D eigenvalue weighted by molar-refractivity contribution is -0.130. The Morgan fingerprint density at radius 1 is 1.14 bits per heavy atom. The lowest BCUT2D eigenvalue weighted by Crippen LogP contribution is -2.46. The van der Waals surface area contributed by atoms with Gasteiger partial charge in [-0.3, -0.25) is 4.79 Å². The molecule has 0 aromatic heterocycles. The van der Waals surface area contributed by atoms with Crippen LogP contribution in [0.25, 0.3) is 0 Å². The summed E-state index contributed by atoms with van der Waals surface area (Å²) in [5.41, 5.74) is -3.62. The predicted molar refractivity (Wildman–Crippen MR) is 125 cm³/mol. The number of nitrogens with one attached hydrogen (secondary N) is 2. The molecule has 0 radical (unpaired) electrons. The number of aliphatic hydroxyl groups excluding tert-OH is 2. The van der Waals surface area contributed by atoms with Crippen LogP contribution in [-0.2, 0) is 9.53 Å². The lowest BCUT2D eigenvalue weighted by Gasteiger charge is -2.37. The molecule has 0 saturated heterocycles. The molecule has 3 saturated carbocycles. The summed E-state index contributed by atoms with van der Waals surface area (Å²) in [5, 5.41) is 25.8. The Morgan fingerprint density at radius 3 is 2.33 bits per heavy atom. The van der Waals surface area contributed by atoms with Gasteiger partial charge in [-0.1, -0.05) is 11.6 Å². The Morgan fingerprint density at radius 2 is 1.78 bits per heavy atom. The quantitative estimate of drug-likeness (QED) is 0.427. The van der Waals surface area contributed by atoms with Gasteiger partial charge in [0.2, 0.25) is 5.91 Å². The van der Waals surface area contributed by atoms with Crippen LogP contribution in [0.4, 0.5) is 18.0 Å². The molecule has 3 fully saturated rings. The van der Waals surface area contributed by atoms with E-state index in [0.717, 1.165) is 12.1 Å². The normalized spacial score (nSPS) is 34.5. The molecule has 0 unspecified atom stereocenters. The van der Waals surface area contributed by atoms with E-state index in [2.05, 4.69) is 10.6 Å². The van der Waals surface area contributed by atoms with Gasteiger partial charge in [-0.2, -0.15) is 0 Å². The van der Waals surface area contributed by atoms with E-state index >= 15 is 8.78 Å². The molecule has 2 amide bonds. The van der Waals surface area contributed by atoms with Gasteiger partial charge in [-0.25, -0.2) is 18.0 Å². The molecule has 3 aliphatic rings. The Kier molecular flexibility index (Phi) is 7.03. The van der Waals surface area contributed by atoms with E-state index in [1.807, 2.05) is 0 Å². The summed E-state index contributed by atoms with van der Waals surface area (Å²) in [6, 6.07) is -0.152. The second-order valence-electron chi connectivity index (χ2n) is 11.5. The van der Waals surface area contributed by atoms with Crippen LogP contribution in [0.5, 0.6) is 0 Å². The SMILES string of the molecule is CC(C)(C)OC(=O)N[C@H]1C[C@H](C(=O)N[C@H](c2c(F)ccc(Cl)c2F)C23CCC(F)(CC2)C3)[C@H](O)[C@@H]1O. The number of halogens is 4. The van der Waals surface area contributed by atoms with Crippen molar-refractivity contribution in [3.05, 3.63) is 34.4 Å². The number of alkyl carbamates (subject to hydrolysis) is 1. The number of carbonyl (C=O) groups excluding carboxylic acids is 2. The highest BCUT2D eigenvalue weighted by atomic mass is 35.5. The molecule has 11 heteroatoms. The van der Waals surface area contributed by atoms with Crippen LogP contribution in [0.15, 0.2) is 12.1 Å². The Balaban J connectivity index is 1.58. The molecule has 0 heterocycles. The van der Waals surface area contributed by atoms with Crippen LogP contribution in [0, 0.1) is 23.0 Å². The van der Waals surface area contributed by atoms with Gasteiger partial charge >= 0.3 is 6.09 Å². The first-order valence-electron chi connectivity index (χ1n) is 12.1. The molecule has 3 aliphatic carbocycles. The Hall–Kier alpha value is -2.04. The summed E-state index contributed by atoms with van der Waals surface area (Å²) in [5.74, 6) is -3.91. The third-order valence-corrected chi connectivity index (χ3v) is 8.09. The second-order valence-corrected chi connectivity index (χ2v) is 11.9. The van der Waals surface area contributed by atoms with Crippen LogP contribution in [0.2, 0.25) is 5.02 Å². The van der Waals surface area contributed by atoms with Crippen LogP contribution < -0.4 is 10.6 Å².